The molecule has 0 aliphatic carbocycles. The van der Waals surface area contributed by atoms with Gasteiger partial charge in [-0.15, -0.1) is 11.3 Å². The van der Waals surface area contributed by atoms with Crippen LogP contribution in [0.2, 0.25) is 0 Å². The maximum Gasteiger partial charge on any atom is 0.337 e. The molecule has 0 radical (unpaired) electrons. The van der Waals surface area contributed by atoms with Crippen LogP contribution in [-0.4, -0.2) is 18.1 Å². The number of carboxylic acids is 1. The van der Waals surface area contributed by atoms with Gasteiger partial charge in [-0.1, -0.05) is 0 Å². The third kappa shape index (κ3) is 3.33. The van der Waals surface area contributed by atoms with E-state index in [0.29, 0.717) is 12.2 Å². The van der Waals surface area contributed by atoms with E-state index in [2.05, 4.69) is 15.9 Å². The van der Waals surface area contributed by atoms with Gasteiger partial charge >= 0.3 is 5.97 Å². The third-order valence-electron chi connectivity index (χ3n) is 2.62. The first-order valence-corrected chi connectivity index (χ1v) is 7.11. The van der Waals surface area contributed by atoms with Gasteiger partial charge in [-0.3, -0.25) is 0 Å². The van der Waals surface area contributed by atoms with Gasteiger partial charge in [0.05, 0.1) is 17.8 Å². The second kappa shape index (κ2) is 5.71. The van der Waals surface area contributed by atoms with Crippen LogP contribution in [0.4, 0.5) is 10.1 Å². The molecule has 2 aromatic rings. The lowest BCUT2D eigenvalue weighted by molar-refractivity contribution is 0.0697. The van der Waals surface area contributed by atoms with Crippen molar-refractivity contribution in [1.29, 1.82) is 0 Å². The third-order valence-corrected chi connectivity index (χ3v) is 4.30. The van der Waals surface area contributed by atoms with Crippen molar-refractivity contribution < 1.29 is 14.3 Å². The monoisotopic (exact) mass is 343 g/mol. The lowest BCUT2D eigenvalue weighted by Gasteiger charge is -2.20. The number of hydrogen-bond donors (Lipinski definition) is 1. The van der Waals surface area contributed by atoms with E-state index in [1.54, 1.807) is 23.3 Å². The normalized spacial score (nSPS) is 10.5. The molecule has 0 saturated carbocycles. The highest BCUT2D eigenvalue weighted by Crippen LogP contribution is 2.26. The molecule has 2 rings (SSSR count). The molecule has 3 nitrogen and oxygen atoms in total. The van der Waals surface area contributed by atoms with E-state index in [-0.39, 0.29) is 5.56 Å². The summed E-state index contributed by atoms with van der Waals surface area (Å²) in [7, 11) is 1.79. The zero-order valence-corrected chi connectivity index (χ0v) is 12.5. The maximum atomic E-state index is 13.1. The van der Waals surface area contributed by atoms with Crippen molar-refractivity contribution in [1.82, 2.24) is 0 Å². The van der Waals surface area contributed by atoms with Crippen molar-refractivity contribution in [3.8, 4) is 0 Å². The average Bonchev–Trinajstić information content (AvgIpc) is 2.74. The van der Waals surface area contributed by atoms with Crippen molar-refractivity contribution in [3.63, 3.8) is 0 Å². The number of aromatic carboxylic acids is 1. The SMILES string of the molecule is CN(Cc1cc(Br)cs1)c1ccc(F)cc1C(=O)O. The zero-order valence-electron chi connectivity index (χ0n) is 10.1. The fraction of sp³-hybridized carbons (Fsp3) is 0.154. The molecule has 1 heterocycles. The highest BCUT2D eigenvalue weighted by atomic mass is 79.9. The maximum absolute atomic E-state index is 13.1. The molecule has 0 bridgehead atoms. The quantitative estimate of drug-likeness (QED) is 0.912. The molecule has 0 saturated heterocycles. The molecule has 100 valence electrons. The Hall–Kier alpha value is -1.40. The number of anilines is 1. The molecule has 0 aliphatic rings. The summed E-state index contributed by atoms with van der Waals surface area (Å²) in [6, 6.07) is 5.77. The number of halogens is 2. The van der Waals surface area contributed by atoms with E-state index in [1.165, 1.54) is 12.1 Å². The molecule has 0 atom stereocenters. The minimum absolute atomic E-state index is 0.0295. The Morgan fingerprint density at radius 2 is 2.21 bits per heavy atom. The number of benzene rings is 1. The number of thiophene rings is 1. The van der Waals surface area contributed by atoms with E-state index >= 15 is 0 Å². The Balaban J connectivity index is 2.28. The van der Waals surface area contributed by atoms with E-state index in [9.17, 15) is 9.18 Å². The first-order chi connectivity index (χ1) is 8.97. The van der Waals surface area contributed by atoms with Gasteiger partial charge in [-0.25, -0.2) is 9.18 Å². The Kier molecular flexibility index (Phi) is 4.21. The van der Waals surface area contributed by atoms with Gasteiger partial charge in [0.2, 0.25) is 0 Å². The predicted molar refractivity (Wildman–Crippen MR) is 77.5 cm³/mol. The summed E-state index contributed by atoms with van der Waals surface area (Å²) < 4.78 is 14.1. The van der Waals surface area contributed by atoms with Gasteiger partial charge in [-0.2, -0.15) is 0 Å². The molecule has 0 fully saturated rings. The van der Waals surface area contributed by atoms with Crippen LogP contribution in [0, 0.1) is 5.82 Å². The highest BCUT2D eigenvalue weighted by molar-refractivity contribution is 9.10. The van der Waals surface area contributed by atoms with Crippen LogP contribution in [0.15, 0.2) is 34.1 Å². The molecular weight excluding hydrogens is 333 g/mol. The lowest BCUT2D eigenvalue weighted by atomic mass is 10.1. The molecular formula is C13H11BrFNO2S. The fourth-order valence-corrected chi connectivity index (χ4v) is 3.27. The van der Waals surface area contributed by atoms with Crippen LogP contribution in [0.3, 0.4) is 0 Å². The Morgan fingerprint density at radius 1 is 1.47 bits per heavy atom. The fourth-order valence-electron chi connectivity index (χ4n) is 1.77. The molecule has 0 amide bonds. The molecule has 0 spiro atoms. The standard InChI is InChI=1S/C13H11BrFNO2S/c1-16(6-10-4-8(14)7-19-10)12-3-2-9(15)5-11(12)13(17)18/h2-5,7H,6H2,1H3,(H,17,18). The minimum Gasteiger partial charge on any atom is -0.478 e. The van der Waals surface area contributed by atoms with Gasteiger partial charge in [-0.05, 0) is 40.2 Å². The van der Waals surface area contributed by atoms with Crippen LogP contribution in [0.1, 0.15) is 15.2 Å². The van der Waals surface area contributed by atoms with Gasteiger partial charge in [0.15, 0.2) is 0 Å². The number of carboxylic acid groups (broad SMARTS) is 1. The van der Waals surface area contributed by atoms with Crippen molar-refractivity contribution in [2.45, 2.75) is 6.54 Å². The summed E-state index contributed by atoms with van der Waals surface area (Å²) in [6.07, 6.45) is 0. The largest absolute Gasteiger partial charge is 0.478 e. The van der Waals surface area contributed by atoms with Crippen LogP contribution in [0.25, 0.3) is 0 Å². The second-order valence-corrected chi connectivity index (χ2v) is 5.97. The molecule has 0 unspecified atom stereocenters. The van der Waals surface area contributed by atoms with E-state index in [0.717, 1.165) is 15.4 Å². The summed E-state index contributed by atoms with van der Waals surface area (Å²) in [5.41, 5.74) is 0.469. The lowest BCUT2D eigenvalue weighted by Crippen LogP contribution is -2.19. The van der Waals surface area contributed by atoms with Crippen molar-refractivity contribution in [3.05, 3.63) is 50.4 Å². The van der Waals surface area contributed by atoms with Gasteiger partial charge in [0.25, 0.3) is 0 Å². The highest BCUT2D eigenvalue weighted by Gasteiger charge is 2.15. The zero-order chi connectivity index (χ0) is 14.0. The van der Waals surface area contributed by atoms with Gasteiger partial charge in [0, 0.05) is 21.8 Å². The Bertz CT molecular complexity index is 614. The van der Waals surface area contributed by atoms with Gasteiger partial charge < -0.3 is 10.0 Å². The number of hydrogen-bond acceptors (Lipinski definition) is 3. The van der Waals surface area contributed by atoms with Crippen LogP contribution in [-0.2, 0) is 6.54 Å². The molecule has 6 heteroatoms. The average molecular weight is 344 g/mol. The number of carbonyl (C=O) groups is 1. The topological polar surface area (TPSA) is 40.5 Å². The molecule has 0 aliphatic heterocycles. The van der Waals surface area contributed by atoms with Crippen molar-refractivity contribution in [2.24, 2.45) is 0 Å². The summed E-state index contributed by atoms with van der Waals surface area (Å²) in [5.74, 6) is -1.68. The summed E-state index contributed by atoms with van der Waals surface area (Å²) in [4.78, 5) is 14.0. The van der Waals surface area contributed by atoms with E-state index in [4.69, 9.17) is 5.11 Å². The second-order valence-electron chi connectivity index (χ2n) is 4.05. The molecule has 19 heavy (non-hydrogen) atoms. The Morgan fingerprint density at radius 3 is 2.79 bits per heavy atom. The first-order valence-electron chi connectivity index (χ1n) is 5.44. The van der Waals surface area contributed by atoms with Gasteiger partial charge in [0.1, 0.15) is 5.82 Å². The van der Waals surface area contributed by atoms with Crippen LogP contribution >= 0.6 is 27.3 Å². The first kappa shape index (κ1) is 14.0. The molecule has 1 N–H and O–H groups in total. The number of rotatable bonds is 4. The Labute approximate surface area is 122 Å². The van der Waals surface area contributed by atoms with Crippen LogP contribution < -0.4 is 4.90 Å². The molecule has 1 aromatic heterocycles. The van der Waals surface area contributed by atoms with E-state index in [1.807, 2.05) is 11.4 Å². The minimum atomic E-state index is -1.13. The smallest absolute Gasteiger partial charge is 0.337 e. The molecule has 1 aromatic carbocycles. The van der Waals surface area contributed by atoms with E-state index < -0.39 is 11.8 Å². The summed E-state index contributed by atoms with van der Waals surface area (Å²) in [6.45, 7) is 0.572. The summed E-state index contributed by atoms with van der Waals surface area (Å²) >= 11 is 4.95. The number of nitrogens with zero attached hydrogens (tertiary/aromatic N) is 1. The summed E-state index contributed by atoms with van der Waals surface area (Å²) in [5, 5.41) is 11.1. The van der Waals surface area contributed by atoms with Crippen molar-refractivity contribution >= 4 is 38.9 Å². The predicted octanol–water partition coefficient (Wildman–Crippen LogP) is 3.98. The van der Waals surface area contributed by atoms with Crippen LogP contribution in [0.5, 0.6) is 0 Å². The van der Waals surface area contributed by atoms with Crippen molar-refractivity contribution in [2.75, 3.05) is 11.9 Å².